The van der Waals surface area contributed by atoms with Crippen LogP contribution in [0.15, 0.2) is 64.7 Å². The third-order valence-electron chi connectivity index (χ3n) is 4.11. The molecule has 8 heteroatoms. The van der Waals surface area contributed by atoms with Crippen molar-refractivity contribution in [3.63, 3.8) is 0 Å². The number of esters is 2. The van der Waals surface area contributed by atoms with Gasteiger partial charge in [0.15, 0.2) is 5.11 Å². The lowest BCUT2D eigenvalue weighted by molar-refractivity contribution is -0.145. The Morgan fingerprint density at radius 1 is 1.32 bits per heavy atom. The molecule has 1 aromatic carbocycles. The summed E-state index contributed by atoms with van der Waals surface area (Å²) in [5, 5.41) is 3.34. The van der Waals surface area contributed by atoms with Gasteiger partial charge in [0.1, 0.15) is 18.3 Å². The lowest BCUT2D eigenvalue weighted by Gasteiger charge is -2.31. The molecule has 0 radical (unpaired) electrons. The van der Waals surface area contributed by atoms with Gasteiger partial charge >= 0.3 is 11.9 Å². The van der Waals surface area contributed by atoms with E-state index in [4.69, 9.17) is 26.1 Å². The molecule has 0 bridgehead atoms. The van der Waals surface area contributed by atoms with Crippen LogP contribution in [-0.2, 0) is 9.53 Å². The van der Waals surface area contributed by atoms with Crippen molar-refractivity contribution >= 4 is 35.0 Å². The van der Waals surface area contributed by atoms with E-state index in [1.54, 1.807) is 37.3 Å². The number of benzene rings is 1. The summed E-state index contributed by atoms with van der Waals surface area (Å²) in [5.41, 5.74) is 1.34. The zero-order valence-corrected chi connectivity index (χ0v) is 15.9. The summed E-state index contributed by atoms with van der Waals surface area (Å²) in [4.78, 5) is 28.6. The summed E-state index contributed by atoms with van der Waals surface area (Å²) in [6.45, 7) is 5.39. The van der Waals surface area contributed by atoms with Crippen molar-refractivity contribution in [2.24, 2.45) is 10.9 Å². The molecule has 0 aliphatic carbocycles. The molecule has 2 heterocycles. The number of ether oxygens (including phenoxy) is 2. The molecule has 3 rings (SSSR count). The van der Waals surface area contributed by atoms with Crippen molar-refractivity contribution in [1.82, 2.24) is 5.32 Å². The Morgan fingerprint density at radius 3 is 2.71 bits per heavy atom. The van der Waals surface area contributed by atoms with Crippen LogP contribution >= 0.6 is 12.2 Å². The van der Waals surface area contributed by atoms with Gasteiger partial charge in [0.2, 0.25) is 5.76 Å². The minimum atomic E-state index is -0.636. The second-order valence-corrected chi connectivity index (χ2v) is 6.40. The van der Waals surface area contributed by atoms with Crippen molar-refractivity contribution in [3.8, 4) is 5.75 Å². The lowest BCUT2D eigenvalue weighted by atomic mass is 9.88. The second kappa shape index (κ2) is 8.62. The first-order valence-corrected chi connectivity index (χ1v) is 8.89. The SMILES string of the molecule is C=CCOC(=O)C1C(C)=NC(=S)NC1c1ccc(OC(=O)c2ccco2)cc1. The summed E-state index contributed by atoms with van der Waals surface area (Å²) in [6, 6.07) is 9.44. The number of furan rings is 1. The third kappa shape index (κ3) is 4.34. The molecular weight excluding hydrogens is 380 g/mol. The smallest absolute Gasteiger partial charge is 0.379 e. The minimum absolute atomic E-state index is 0.111. The predicted molar refractivity (Wildman–Crippen MR) is 106 cm³/mol. The molecule has 0 saturated carbocycles. The van der Waals surface area contributed by atoms with Gasteiger partial charge in [-0.3, -0.25) is 4.79 Å². The maximum atomic E-state index is 12.5. The lowest BCUT2D eigenvalue weighted by Crippen LogP contribution is -2.44. The van der Waals surface area contributed by atoms with Gasteiger partial charge in [-0.25, -0.2) is 9.79 Å². The van der Waals surface area contributed by atoms with Crippen molar-refractivity contribution in [1.29, 1.82) is 0 Å². The van der Waals surface area contributed by atoms with E-state index < -0.39 is 23.9 Å². The number of nitrogens with one attached hydrogen (secondary N) is 1. The molecule has 1 N–H and O–H groups in total. The number of aliphatic imine (C=N–C) groups is 1. The number of hydrogen-bond donors (Lipinski definition) is 1. The maximum Gasteiger partial charge on any atom is 0.379 e. The van der Waals surface area contributed by atoms with Crippen LogP contribution in [0.5, 0.6) is 5.75 Å². The predicted octanol–water partition coefficient (Wildman–Crippen LogP) is 3.23. The Morgan fingerprint density at radius 2 is 2.07 bits per heavy atom. The highest BCUT2D eigenvalue weighted by Crippen LogP contribution is 2.29. The fraction of sp³-hybridized carbons (Fsp3) is 0.200. The maximum absolute atomic E-state index is 12.5. The first-order valence-electron chi connectivity index (χ1n) is 8.48. The highest BCUT2D eigenvalue weighted by molar-refractivity contribution is 7.80. The molecular formula is C20H18N2O5S. The van der Waals surface area contributed by atoms with E-state index in [0.29, 0.717) is 16.6 Å². The Kier molecular flexibility index (Phi) is 6.00. The van der Waals surface area contributed by atoms with Gasteiger partial charge in [0, 0.05) is 5.71 Å². The van der Waals surface area contributed by atoms with Crippen LogP contribution in [0.4, 0.5) is 0 Å². The van der Waals surface area contributed by atoms with Crippen molar-refractivity contribution < 1.29 is 23.5 Å². The van der Waals surface area contributed by atoms with Gasteiger partial charge in [-0.1, -0.05) is 24.8 Å². The third-order valence-corrected chi connectivity index (χ3v) is 4.32. The zero-order valence-electron chi connectivity index (χ0n) is 15.1. The number of carbonyl (C=O) groups is 2. The average Bonchev–Trinajstić information content (AvgIpc) is 3.21. The molecule has 28 heavy (non-hydrogen) atoms. The molecule has 144 valence electrons. The first kappa shape index (κ1) is 19.5. The number of rotatable bonds is 6. The fourth-order valence-electron chi connectivity index (χ4n) is 2.83. The van der Waals surface area contributed by atoms with Gasteiger partial charge in [-0.05, 0) is 49.0 Å². The van der Waals surface area contributed by atoms with Crippen LogP contribution in [0.1, 0.15) is 29.1 Å². The fourth-order valence-corrected chi connectivity index (χ4v) is 3.10. The van der Waals surface area contributed by atoms with Gasteiger partial charge in [0.05, 0.1) is 12.3 Å². The molecule has 1 aromatic heterocycles. The molecule has 1 aliphatic rings. The van der Waals surface area contributed by atoms with Crippen molar-refractivity contribution in [2.45, 2.75) is 13.0 Å². The zero-order chi connectivity index (χ0) is 20.1. The molecule has 1 aliphatic heterocycles. The molecule has 2 aromatic rings. The number of thiocarbonyl (C=S) groups is 1. The van der Waals surface area contributed by atoms with Crippen LogP contribution in [0.25, 0.3) is 0 Å². The van der Waals surface area contributed by atoms with E-state index in [9.17, 15) is 9.59 Å². The molecule has 2 atom stereocenters. The molecule has 7 nitrogen and oxygen atoms in total. The first-order chi connectivity index (χ1) is 13.5. The van der Waals surface area contributed by atoms with E-state index in [0.717, 1.165) is 5.56 Å². The van der Waals surface area contributed by atoms with E-state index in [2.05, 4.69) is 16.9 Å². The summed E-state index contributed by atoms with van der Waals surface area (Å²) in [7, 11) is 0. The van der Waals surface area contributed by atoms with Crippen LogP contribution in [0.3, 0.4) is 0 Å². The minimum Gasteiger partial charge on any atom is -0.461 e. The van der Waals surface area contributed by atoms with Crippen LogP contribution < -0.4 is 10.1 Å². The van der Waals surface area contributed by atoms with E-state index in [1.807, 2.05) is 0 Å². The van der Waals surface area contributed by atoms with Crippen LogP contribution in [0.2, 0.25) is 0 Å². The summed E-state index contributed by atoms with van der Waals surface area (Å²) < 4.78 is 15.5. The van der Waals surface area contributed by atoms with Gasteiger partial charge in [-0.15, -0.1) is 0 Å². The van der Waals surface area contributed by atoms with Crippen molar-refractivity contribution in [2.75, 3.05) is 6.61 Å². The Bertz CT molecular complexity index is 919. The normalized spacial score (nSPS) is 18.6. The highest BCUT2D eigenvalue weighted by Gasteiger charge is 2.36. The molecule has 2 unspecified atom stereocenters. The van der Waals surface area contributed by atoms with Gasteiger partial charge in [-0.2, -0.15) is 0 Å². The summed E-state index contributed by atoms with van der Waals surface area (Å²) in [6.07, 6.45) is 2.90. The van der Waals surface area contributed by atoms with E-state index >= 15 is 0 Å². The molecule has 0 spiro atoms. The molecule has 0 saturated heterocycles. The van der Waals surface area contributed by atoms with Gasteiger partial charge < -0.3 is 19.2 Å². The topological polar surface area (TPSA) is 90.1 Å². The largest absolute Gasteiger partial charge is 0.461 e. The Balaban J connectivity index is 1.79. The quantitative estimate of drug-likeness (QED) is 0.346. The Hall–Kier alpha value is -3.26. The van der Waals surface area contributed by atoms with E-state index in [-0.39, 0.29) is 12.4 Å². The Labute approximate surface area is 167 Å². The standard InChI is InChI=1S/C20H18N2O5S/c1-3-10-26-19(24)16-12(2)21-20(28)22-17(16)13-6-8-14(9-7-13)27-18(23)15-5-4-11-25-15/h3-9,11,16-17H,1,10H2,2H3,(H,22,28). The number of hydrogen-bond acceptors (Lipinski definition) is 6. The average molecular weight is 398 g/mol. The van der Waals surface area contributed by atoms with E-state index in [1.165, 1.54) is 18.4 Å². The monoisotopic (exact) mass is 398 g/mol. The molecule has 0 fully saturated rings. The summed E-state index contributed by atoms with van der Waals surface area (Å²) >= 11 is 5.17. The molecule has 0 amide bonds. The van der Waals surface area contributed by atoms with Crippen LogP contribution in [-0.4, -0.2) is 29.4 Å². The number of nitrogens with zero attached hydrogens (tertiary/aromatic N) is 1. The van der Waals surface area contributed by atoms with Crippen LogP contribution in [0, 0.1) is 5.92 Å². The van der Waals surface area contributed by atoms with Crippen molar-refractivity contribution in [3.05, 3.63) is 66.6 Å². The van der Waals surface area contributed by atoms with Gasteiger partial charge in [0.25, 0.3) is 0 Å². The number of carbonyl (C=O) groups excluding carboxylic acids is 2. The highest BCUT2D eigenvalue weighted by atomic mass is 32.1. The second-order valence-electron chi connectivity index (χ2n) is 6.01. The summed E-state index contributed by atoms with van der Waals surface area (Å²) in [5.74, 6) is -1.19.